The van der Waals surface area contributed by atoms with Gasteiger partial charge in [0.25, 0.3) is 5.91 Å². The third-order valence-corrected chi connectivity index (χ3v) is 4.61. The van der Waals surface area contributed by atoms with E-state index in [1.54, 1.807) is 12.1 Å². The molecule has 0 saturated carbocycles. The Balaban J connectivity index is 2.05. The predicted molar refractivity (Wildman–Crippen MR) is 108 cm³/mol. The van der Waals surface area contributed by atoms with Crippen LogP contribution in [0.15, 0.2) is 48.5 Å². The smallest absolute Gasteiger partial charge is 0.257 e. The normalized spacial score (nSPS) is 11.6. The molecule has 5 heteroatoms. The molecule has 0 saturated heterocycles. The maximum absolute atomic E-state index is 12.2. The Morgan fingerprint density at radius 1 is 1.17 bits per heavy atom. The van der Waals surface area contributed by atoms with Crippen LogP contribution in [0, 0.1) is 3.57 Å². The van der Waals surface area contributed by atoms with Gasteiger partial charge in [-0.25, -0.2) is 0 Å². The number of benzene rings is 2. The Bertz CT molecular complexity index is 700. The van der Waals surface area contributed by atoms with E-state index in [-0.39, 0.29) is 5.91 Å². The number of nitrogens with one attached hydrogen (secondary N) is 2. The minimum atomic E-state index is -0.208. The molecule has 0 aromatic heterocycles. The van der Waals surface area contributed by atoms with Gasteiger partial charge in [-0.1, -0.05) is 32.0 Å². The molecule has 120 valence electrons. The maximum Gasteiger partial charge on any atom is 0.257 e. The van der Waals surface area contributed by atoms with Crippen LogP contribution in [-0.4, -0.2) is 11.0 Å². The number of thiocarbonyl (C=S) groups is 1. The Kier molecular flexibility index (Phi) is 6.53. The molecule has 2 rings (SSSR count). The van der Waals surface area contributed by atoms with Gasteiger partial charge in [-0.15, -0.1) is 0 Å². The number of hydrogen-bond donors (Lipinski definition) is 2. The zero-order valence-electron chi connectivity index (χ0n) is 13.1. The highest BCUT2D eigenvalue weighted by molar-refractivity contribution is 14.1. The van der Waals surface area contributed by atoms with Crippen LogP contribution < -0.4 is 10.6 Å². The van der Waals surface area contributed by atoms with Crippen LogP contribution in [0.2, 0.25) is 0 Å². The van der Waals surface area contributed by atoms with Gasteiger partial charge in [-0.05, 0) is 83.0 Å². The van der Waals surface area contributed by atoms with Crippen molar-refractivity contribution < 1.29 is 4.79 Å². The summed E-state index contributed by atoms with van der Waals surface area (Å²) in [5.41, 5.74) is 2.72. The van der Waals surface area contributed by atoms with Crippen molar-refractivity contribution in [2.45, 2.75) is 26.2 Å². The van der Waals surface area contributed by atoms with Crippen molar-refractivity contribution in [1.29, 1.82) is 0 Å². The summed E-state index contributed by atoms with van der Waals surface area (Å²) in [4.78, 5) is 12.2. The Morgan fingerprint density at radius 2 is 1.83 bits per heavy atom. The van der Waals surface area contributed by atoms with E-state index in [0.717, 1.165) is 15.7 Å². The zero-order chi connectivity index (χ0) is 16.8. The number of rotatable bonds is 4. The molecule has 3 nitrogen and oxygen atoms in total. The van der Waals surface area contributed by atoms with Gasteiger partial charge < -0.3 is 5.32 Å². The number of carbonyl (C=O) groups excluding carboxylic acids is 1. The van der Waals surface area contributed by atoms with Crippen LogP contribution in [-0.2, 0) is 0 Å². The molecule has 0 aliphatic heterocycles. The lowest BCUT2D eigenvalue weighted by atomic mass is 9.97. The number of anilines is 1. The van der Waals surface area contributed by atoms with E-state index in [9.17, 15) is 4.79 Å². The Labute approximate surface area is 156 Å². The predicted octanol–water partition coefficient (Wildman–Crippen LogP) is 4.93. The van der Waals surface area contributed by atoms with Crippen LogP contribution in [0.4, 0.5) is 5.69 Å². The van der Waals surface area contributed by atoms with Gasteiger partial charge in [0.15, 0.2) is 5.11 Å². The number of halogens is 1. The first-order valence-electron chi connectivity index (χ1n) is 7.48. The molecule has 0 unspecified atom stereocenters. The summed E-state index contributed by atoms with van der Waals surface area (Å²) in [6, 6.07) is 15.4. The first-order valence-corrected chi connectivity index (χ1v) is 8.96. The van der Waals surface area contributed by atoms with Crippen molar-refractivity contribution >= 4 is 51.5 Å². The molecule has 2 aromatic carbocycles. The molecular weight excluding hydrogens is 419 g/mol. The van der Waals surface area contributed by atoms with Gasteiger partial charge in [0.1, 0.15) is 0 Å². The first kappa shape index (κ1) is 17.9. The maximum atomic E-state index is 12.2. The second-order valence-electron chi connectivity index (χ2n) is 5.31. The lowest BCUT2D eigenvalue weighted by Crippen LogP contribution is -2.34. The van der Waals surface area contributed by atoms with E-state index in [2.05, 4.69) is 53.1 Å². The summed E-state index contributed by atoms with van der Waals surface area (Å²) in [5, 5.41) is 6.17. The van der Waals surface area contributed by atoms with Crippen molar-refractivity contribution in [1.82, 2.24) is 5.32 Å². The summed E-state index contributed by atoms with van der Waals surface area (Å²) in [7, 11) is 0. The summed E-state index contributed by atoms with van der Waals surface area (Å²) >= 11 is 7.48. The van der Waals surface area contributed by atoms with Crippen LogP contribution in [0.1, 0.15) is 42.1 Å². The Hall–Kier alpha value is -1.47. The van der Waals surface area contributed by atoms with Crippen molar-refractivity contribution in [3.63, 3.8) is 0 Å². The summed E-state index contributed by atoms with van der Waals surface area (Å²) in [5.74, 6) is 0.216. The number of carbonyl (C=O) groups is 1. The zero-order valence-corrected chi connectivity index (χ0v) is 16.1. The fourth-order valence-corrected chi connectivity index (χ4v) is 2.75. The van der Waals surface area contributed by atoms with E-state index in [0.29, 0.717) is 16.6 Å². The molecule has 1 amide bonds. The van der Waals surface area contributed by atoms with Gasteiger partial charge in [0.05, 0.1) is 0 Å². The summed E-state index contributed by atoms with van der Waals surface area (Å²) in [6.07, 6.45) is 1.04. The summed E-state index contributed by atoms with van der Waals surface area (Å²) in [6.45, 7) is 4.33. The van der Waals surface area contributed by atoms with Gasteiger partial charge in [-0.2, -0.15) is 0 Å². The molecule has 23 heavy (non-hydrogen) atoms. The molecule has 0 aliphatic rings. The monoisotopic (exact) mass is 438 g/mol. The lowest BCUT2D eigenvalue weighted by molar-refractivity contribution is 0.0977. The first-order chi connectivity index (χ1) is 11.0. The van der Waals surface area contributed by atoms with Crippen LogP contribution in [0.25, 0.3) is 0 Å². The van der Waals surface area contributed by atoms with E-state index < -0.39 is 0 Å². The van der Waals surface area contributed by atoms with Crippen LogP contribution in [0.5, 0.6) is 0 Å². The van der Waals surface area contributed by atoms with Crippen molar-refractivity contribution in [3.05, 3.63) is 63.2 Å². The average molecular weight is 438 g/mol. The third kappa shape index (κ3) is 5.00. The molecule has 1 atom stereocenters. The van der Waals surface area contributed by atoms with E-state index in [1.165, 1.54) is 5.56 Å². The van der Waals surface area contributed by atoms with Crippen LogP contribution in [0.3, 0.4) is 0 Å². The fourth-order valence-electron chi connectivity index (χ4n) is 2.19. The van der Waals surface area contributed by atoms with Gasteiger partial charge in [-0.3, -0.25) is 10.1 Å². The second-order valence-corrected chi connectivity index (χ2v) is 6.97. The molecule has 0 fully saturated rings. The molecule has 0 radical (unpaired) electrons. The number of hydrogen-bond acceptors (Lipinski definition) is 2. The molecule has 0 heterocycles. The van der Waals surface area contributed by atoms with Gasteiger partial charge in [0, 0.05) is 14.8 Å². The molecule has 0 bridgehead atoms. The fraction of sp³-hybridized carbons (Fsp3) is 0.222. The lowest BCUT2D eigenvalue weighted by Gasteiger charge is -2.17. The van der Waals surface area contributed by atoms with E-state index in [4.69, 9.17) is 12.2 Å². The Morgan fingerprint density at radius 3 is 2.48 bits per heavy atom. The highest BCUT2D eigenvalue weighted by Gasteiger charge is 2.11. The standard InChI is InChI=1S/C18H19IN2OS/c1-3-12(2)15-6-4-5-7-16(15)20-18(23)21-17(22)13-8-10-14(19)11-9-13/h4-12H,3H2,1-2H3,(H2,20,21,22,23)/t12-/m1/s1. The topological polar surface area (TPSA) is 41.1 Å². The third-order valence-electron chi connectivity index (χ3n) is 3.69. The van der Waals surface area contributed by atoms with Crippen molar-refractivity contribution in [2.24, 2.45) is 0 Å². The molecular formula is C18H19IN2OS. The average Bonchev–Trinajstić information content (AvgIpc) is 2.55. The molecule has 2 aromatic rings. The van der Waals surface area contributed by atoms with Crippen molar-refractivity contribution in [2.75, 3.05) is 5.32 Å². The number of para-hydroxylation sites is 1. The number of amides is 1. The van der Waals surface area contributed by atoms with E-state index in [1.807, 2.05) is 30.3 Å². The van der Waals surface area contributed by atoms with Gasteiger partial charge >= 0.3 is 0 Å². The molecule has 2 N–H and O–H groups in total. The van der Waals surface area contributed by atoms with Gasteiger partial charge in [0.2, 0.25) is 0 Å². The SMILES string of the molecule is CC[C@@H](C)c1ccccc1NC(=S)NC(=O)c1ccc(I)cc1. The highest BCUT2D eigenvalue weighted by Crippen LogP contribution is 2.26. The van der Waals surface area contributed by atoms with E-state index >= 15 is 0 Å². The van der Waals surface area contributed by atoms with Crippen LogP contribution >= 0.6 is 34.8 Å². The second kappa shape index (κ2) is 8.40. The largest absolute Gasteiger partial charge is 0.332 e. The van der Waals surface area contributed by atoms with Crippen molar-refractivity contribution in [3.8, 4) is 0 Å². The highest BCUT2D eigenvalue weighted by atomic mass is 127. The minimum Gasteiger partial charge on any atom is -0.332 e. The molecule has 0 aliphatic carbocycles. The summed E-state index contributed by atoms with van der Waals surface area (Å²) < 4.78 is 1.09. The quantitative estimate of drug-likeness (QED) is 0.526. The minimum absolute atomic E-state index is 0.208. The molecule has 0 spiro atoms.